The molecule has 1 heterocycles. The van der Waals surface area contributed by atoms with Gasteiger partial charge in [-0.05, 0) is 29.6 Å². The first-order valence-electron chi connectivity index (χ1n) is 5.02. The van der Waals surface area contributed by atoms with E-state index in [0.29, 0.717) is 4.47 Å². The van der Waals surface area contributed by atoms with Crippen molar-refractivity contribution >= 4 is 39.4 Å². The molecule has 0 unspecified atom stereocenters. The average molecular weight is 325 g/mol. The van der Waals surface area contributed by atoms with E-state index in [2.05, 4.69) is 26.5 Å². The van der Waals surface area contributed by atoms with Crippen LogP contribution in [0.3, 0.4) is 0 Å². The highest BCUT2D eigenvalue weighted by Crippen LogP contribution is 2.21. The molecule has 0 bridgehead atoms. The zero-order valence-electron chi connectivity index (χ0n) is 9.13. The number of thiophene rings is 1. The maximum Gasteiger partial charge on any atom is 0.275 e. The van der Waals surface area contributed by atoms with Gasteiger partial charge in [-0.3, -0.25) is 4.79 Å². The number of nitrogens with one attached hydrogen (secondary N) is 1. The molecule has 0 saturated heterocycles. The molecule has 2 N–H and O–H groups in total. The number of rotatable bonds is 3. The number of nitrogens with zero attached hydrogens (tertiary/aromatic N) is 1. The second-order valence-corrected chi connectivity index (χ2v) is 5.27. The van der Waals surface area contributed by atoms with Crippen LogP contribution in [-0.2, 0) is 0 Å². The lowest BCUT2D eigenvalue weighted by atomic mass is 10.2. The Bertz CT molecular complexity index is 582. The number of carbonyl (C=O) groups excluding carboxylic acids is 1. The fourth-order valence-electron chi connectivity index (χ4n) is 1.27. The normalized spacial score (nSPS) is 10.7. The monoisotopic (exact) mass is 324 g/mol. The Labute approximate surface area is 116 Å². The minimum Gasteiger partial charge on any atom is -0.507 e. The molecule has 2 aromatic rings. The molecule has 0 saturated carbocycles. The van der Waals surface area contributed by atoms with Crippen LogP contribution in [0.5, 0.6) is 5.75 Å². The molecule has 0 spiro atoms. The van der Waals surface area contributed by atoms with Crippen molar-refractivity contribution in [2.75, 3.05) is 0 Å². The van der Waals surface area contributed by atoms with E-state index in [4.69, 9.17) is 0 Å². The van der Waals surface area contributed by atoms with Crippen LogP contribution in [0.4, 0.5) is 0 Å². The molecule has 92 valence electrons. The molecule has 0 aliphatic rings. The average Bonchev–Trinajstić information content (AvgIpc) is 2.85. The topological polar surface area (TPSA) is 61.7 Å². The van der Waals surface area contributed by atoms with Gasteiger partial charge in [-0.1, -0.05) is 22.0 Å². The van der Waals surface area contributed by atoms with Crippen LogP contribution in [0.1, 0.15) is 15.2 Å². The molecule has 4 nitrogen and oxygen atoms in total. The summed E-state index contributed by atoms with van der Waals surface area (Å²) >= 11 is 4.75. The van der Waals surface area contributed by atoms with Crippen LogP contribution < -0.4 is 5.43 Å². The van der Waals surface area contributed by atoms with Crippen molar-refractivity contribution in [1.82, 2.24) is 5.43 Å². The van der Waals surface area contributed by atoms with Gasteiger partial charge in [0.15, 0.2) is 0 Å². The smallest absolute Gasteiger partial charge is 0.275 e. The summed E-state index contributed by atoms with van der Waals surface area (Å²) in [4.78, 5) is 12.7. The number of halogens is 1. The van der Waals surface area contributed by atoms with E-state index in [9.17, 15) is 9.90 Å². The number of aromatic hydroxyl groups is 1. The first kappa shape index (κ1) is 12.8. The summed E-state index contributed by atoms with van der Waals surface area (Å²) < 4.78 is 0.715. The van der Waals surface area contributed by atoms with Crippen molar-refractivity contribution in [3.63, 3.8) is 0 Å². The van der Waals surface area contributed by atoms with Gasteiger partial charge in [0.1, 0.15) is 5.75 Å². The summed E-state index contributed by atoms with van der Waals surface area (Å²) in [6.07, 6.45) is 1.55. The fourth-order valence-corrected chi connectivity index (χ4v) is 2.22. The standard InChI is InChI=1S/C12H9BrN2O2S/c13-8-3-4-11(16)10(6-8)12(17)15-14-7-9-2-1-5-18-9/h1-7,16H,(H,15,17). The van der Waals surface area contributed by atoms with E-state index in [1.165, 1.54) is 23.5 Å². The number of benzene rings is 1. The Morgan fingerprint density at radius 2 is 2.28 bits per heavy atom. The molecule has 0 aliphatic carbocycles. The van der Waals surface area contributed by atoms with E-state index < -0.39 is 5.91 Å². The Balaban J connectivity index is 2.06. The fraction of sp³-hybridized carbons (Fsp3) is 0. The highest BCUT2D eigenvalue weighted by molar-refractivity contribution is 9.10. The van der Waals surface area contributed by atoms with Gasteiger partial charge in [0.2, 0.25) is 0 Å². The summed E-state index contributed by atoms with van der Waals surface area (Å²) in [5, 5.41) is 15.3. The van der Waals surface area contributed by atoms with Crippen LogP contribution >= 0.6 is 27.3 Å². The summed E-state index contributed by atoms with van der Waals surface area (Å²) in [5.74, 6) is -0.538. The van der Waals surface area contributed by atoms with E-state index in [1.54, 1.807) is 12.3 Å². The Hall–Kier alpha value is -1.66. The Morgan fingerprint density at radius 3 is 3.00 bits per heavy atom. The number of hydrogen-bond acceptors (Lipinski definition) is 4. The third kappa shape index (κ3) is 3.18. The first-order chi connectivity index (χ1) is 8.66. The highest BCUT2D eigenvalue weighted by atomic mass is 79.9. The third-order valence-corrected chi connectivity index (χ3v) is 3.40. The number of carbonyl (C=O) groups is 1. The van der Waals surface area contributed by atoms with E-state index in [0.717, 1.165) is 4.88 Å². The molecule has 0 atom stereocenters. The van der Waals surface area contributed by atoms with Gasteiger partial charge in [-0.2, -0.15) is 5.10 Å². The summed E-state index contributed by atoms with van der Waals surface area (Å²) in [6, 6.07) is 8.42. The third-order valence-electron chi connectivity index (χ3n) is 2.10. The molecule has 2 rings (SSSR count). The van der Waals surface area contributed by atoms with Gasteiger partial charge in [0.25, 0.3) is 5.91 Å². The summed E-state index contributed by atoms with van der Waals surface area (Å²) in [6.45, 7) is 0. The second kappa shape index (κ2) is 5.79. The predicted molar refractivity (Wildman–Crippen MR) is 75.2 cm³/mol. The van der Waals surface area contributed by atoms with E-state index in [1.807, 2.05) is 17.5 Å². The van der Waals surface area contributed by atoms with Crippen molar-refractivity contribution in [3.05, 3.63) is 50.6 Å². The number of phenols is 1. The molecule has 0 aliphatic heterocycles. The van der Waals surface area contributed by atoms with E-state index in [-0.39, 0.29) is 11.3 Å². The van der Waals surface area contributed by atoms with Gasteiger partial charge < -0.3 is 5.11 Å². The van der Waals surface area contributed by atoms with Gasteiger partial charge >= 0.3 is 0 Å². The first-order valence-corrected chi connectivity index (χ1v) is 6.69. The van der Waals surface area contributed by atoms with Crippen molar-refractivity contribution in [2.45, 2.75) is 0 Å². The minimum atomic E-state index is -0.457. The zero-order chi connectivity index (χ0) is 13.0. The second-order valence-electron chi connectivity index (χ2n) is 3.38. The Morgan fingerprint density at radius 1 is 1.44 bits per heavy atom. The van der Waals surface area contributed by atoms with Crippen molar-refractivity contribution in [2.24, 2.45) is 5.10 Å². The molecule has 0 fully saturated rings. The zero-order valence-corrected chi connectivity index (χ0v) is 11.5. The molecule has 1 aromatic heterocycles. The van der Waals surface area contributed by atoms with Crippen LogP contribution in [0.25, 0.3) is 0 Å². The van der Waals surface area contributed by atoms with Crippen molar-refractivity contribution in [3.8, 4) is 5.75 Å². The molecule has 1 aromatic carbocycles. The minimum absolute atomic E-state index is 0.0815. The van der Waals surface area contributed by atoms with E-state index >= 15 is 0 Å². The summed E-state index contributed by atoms with van der Waals surface area (Å²) in [7, 11) is 0. The van der Waals surface area contributed by atoms with Gasteiger partial charge in [0, 0.05) is 9.35 Å². The number of hydrazone groups is 1. The molecule has 0 radical (unpaired) electrons. The lowest BCUT2D eigenvalue weighted by Gasteiger charge is -2.03. The van der Waals surface area contributed by atoms with Gasteiger partial charge in [-0.15, -0.1) is 11.3 Å². The maximum absolute atomic E-state index is 11.7. The van der Waals surface area contributed by atoms with Gasteiger partial charge in [0.05, 0.1) is 11.8 Å². The molecule has 18 heavy (non-hydrogen) atoms. The number of hydrogen-bond donors (Lipinski definition) is 2. The van der Waals surface area contributed by atoms with Crippen LogP contribution in [0.2, 0.25) is 0 Å². The van der Waals surface area contributed by atoms with Crippen LogP contribution in [0, 0.1) is 0 Å². The number of phenolic OH excluding ortho intramolecular Hbond substituents is 1. The molecule has 1 amide bonds. The predicted octanol–water partition coefficient (Wildman–Crippen LogP) is 2.98. The van der Waals surface area contributed by atoms with Crippen LogP contribution in [-0.4, -0.2) is 17.2 Å². The molecular formula is C12H9BrN2O2S. The highest BCUT2D eigenvalue weighted by Gasteiger charge is 2.10. The van der Waals surface area contributed by atoms with Gasteiger partial charge in [-0.25, -0.2) is 5.43 Å². The van der Waals surface area contributed by atoms with Crippen molar-refractivity contribution < 1.29 is 9.90 Å². The molecular weight excluding hydrogens is 316 g/mol. The largest absolute Gasteiger partial charge is 0.507 e. The molecule has 6 heteroatoms. The lowest BCUT2D eigenvalue weighted by Crippen LogP contribution is -2.17. The van der Waals surface area contributed by atoms with Crippen LogP contribution in [0.15, 0.2) is 45.3 Å². The number of amides is 1. The SMILES string of the molecule is O=C(NN=Cc1cccs1)c1cc(Br)ccc1O. The van der Waals surface area contributed by atoms with Crippen molar-refractivity contribution in [1.29, 1.82) is 0 Å². The summed E-state index contributed by atoms with van der Waals surface area (Å²) in [5.41, 5.74) is 2.54. The quantitative estimate of drug-likeness (QED) is 0.673. The Kier molecular flexibility index (Phi) is 4.11. The lowest BCUT2D eigenvalue weighted by molar-refractivity contribution is 0.0952. The maximum atomic E-state index is 11.7.